The van der Waals surface area contributed by atoms with Crippen LogP contribution in [0.3, 0.4) is 0 Å². The van der Waals surface area contributed by atoms with E-state index in [9.17, 15) is 4.79 Å². The molecule has 1 nitrogen and oxygen atoms in total. The Kier molecular flexibility index (Phi) is 7.31. The van der Waals surface area contributed by atoms with E-state index in [0.717, 1.165) is 15.1 Å². The second-order valence-electron chi connectivity index (χ2n) is 3.77. The number of ketones is 1. The van der Waals surface area contributed by atoms with Crippen molar-refractivity contribution in [1.82, 2.24) is 0 Å². The summed E-state index contributed by atoms with van der Waals surface area (Å²) in [5, 5.41) is 4.75. The number of hydrogen-bond donors (Lipinski definition) is 0. The SMILES string of the molecule is BrCc1cc(Br)sc1Br.O=C(c1cccs1)c1cccs1. The van der Waals surface area contributed by atoms with Gasteiger partial charge in [0.1, 0.15) is 0 Å². The van der Waals surface area contributed by atoms with Crippen molar-refractivity contribution in [3.63, 3.8) is 0 Å². The quantitative estimate of drug-likeness (QED) is 0.259. The molecule has 3 rings (SSSR count). The molecule has 0 spiro atoms. The number of rotatable bonds is 3. The number of halogens is 3. The largest absolute Gasteiger partial charge is 0.287 e. The maximum atomic E-state index is 11.6. The first-order chi connectivity index (χ1) is 10.1. The second-order valence-corrected chi connectivity index (χ2v) is 9.97. The highest BCUT2D eigenvalue weighted by molar-refractivity contribution is 9.12. The fraction of sp³-hybridized carbons (Fsp3) is 0.0714. The summed E-state index contributed by atoms with van der Waals surface area (Å²) in [4.78, 5) is 13.2. The van der Waals surface area contributed by atoms with Crippen molar-refractivity contribution in [3.8, 4) is 0 Å². The molecule has 0 aromatic carbocycles. The van der Waals surface area contributed by atoms with Crippen LogP contribution >= 0.6 is 81.8 Å². The summed E-state index contributed by atoms with van der Waals surface area (Å²) in [5.41, 5.74) is 1.30. The van der Waals surface area contributed by atoms with Crippen molar-refractivity contribution < 1.29 is 4.79 Å². The molecule has 7 heteroatoms. The molecule has 0 radical (unpaired) electrons. The van der Waals surface area contributed by atoms with Crippen molar-refractivity contribution in [2.24, 2.45) is 0 Å². The van der Waals surface area contributed by atoms with Crippen molar-refractivity contribution in [1.29, 1.82) is 0 Å². The number of alkyl halides is 1. The maximum absolute atomic E-state index is 11.6. The molecule has 110 valence electrons. The Morgan fingerprint density at radius 3 is 1.90 bits per heavy atom. The minimum absolute atomic E-state index is 0.139. The maximum Gasteiger partial charge on any atom is 0.212 e. The van der Waals surface area contributed by atoms with Gasteiger partial charge in [-0.3, -0.25) is 4.79 Å². The molecule has 0 bridgehead atoms. The van der Waals surface area contributed by atoms with Crippen molar-refractivity contribution in [3.05, 3.63) is 64.0 Å². The first kappa shape index (κ1) is 17.6. The lowest BCUT2D eigenvalue weighted by molar-refractivity contribution is 0.104. The van der Waals surface area contributed by atoms with Gasteiger partial charge in [-0.25, -0.2) is 0 Å². The molecule has 0 atom stereocenters. The normalized spacial score (nSPS) is 10.0. The fourth-order valence-electron chi connectivity index (χ4n) is 1.40. The highest BCUT2D eigenvalue weighted by Gasteiger charge is 2.09. The average Bonchev–Trinajstić information content (AvgIpc) is 3.20. The van der Waals surface area contributed by atoms with Gasteiger partial charge in [0.15, 0.2) is 0 Å². The van der Waals surface area contributed by atoms with Crippen LogP contribution < -0.4 is 0 Å². The third-order valence-corrected chi connectivity index (χ3v) is 7.17. The topological polar surface area (TPSA) is 17.1 Å². The highest BCUT2D eigenvalue weighted by Crippen LogP contribution is 2.32. The van der Waals surface area contributed by atoms with Gasteiger partial charge < -0.3 is 0 Å². The molecular formula is C14H9Br3OS3. The van der Waals surface area contributed by atoms with Gasteiger partial charge in [0.2, 0.25) is 5.78 Å². The summed E-state index contributed by atoms with van der Waals surface area (Å²) in [6, 6.07) is 9.60. The predicted octanol–water partition coefficient (Wildman–Crippen LogP) is 7.21. The Morgan fingerprint density at radius 2 is 1.62 bits per heavy atom. The van der Waals surface area contributed by atoms with Crippen LogP contribution in [-0.4, -0.2) is 5.78 Å². The average molecular weight is 529 g/mol. The Bertz CT molecular complexity index is 651. The van der Waals surface area contributed by atoms with Crippen molar-refractivity contribution >= 4 is 87.6 Å². The molecule has 0 saturated heterocycles. The molecule has 21 heavy (non-hydrogen) atoms. The fourth-order valence-corrected chi connectivity index (χ4v) is 6.65. The Balaban J connectivity index is 0.000000161. The number of hydrogen-bond acceptors (Lipinski definition) is 4. The third kappa shape index (κ3) is 5.11. The lowest BCUT2D eigenvalue weighted by atomic mass is 10.3. The highest BCUT2D eigenvalue weighted by atomic mass is 79.9. The zero-order valence-corrected chi connectivity index (χ0v) is 17.7. The molecule has 0 aliphatic heterocycles. The summed E-state index contributed by atoms with van der Waals surface area (Å²) in [6.45, 7) is 0. The first-order valence-corrected chi connectivity index (χ1v) is 11.0. The van der Waals surface area contributed by atoms with E-state index >= 15 is 0 Å². The second kappa shape index (κ2) is 8.74. The zero-order chi connectivity index (χ0) is 15.2. The minimum Gasteiger partial charge on any atom is -0.287 e. The Hall–Kier alpha value is 0.210. The summed E-state index contributed by atoms with van der Waals surface area (Å²) < 4.78 is 2.37. The summed E-state index contributed by atoms with van der Waals surface area (Å²) >= 11 is 14.9. The Morgan fingerprint density at radius 1 is 1.05 bits per heavy atom. The van der Waals surface area contributed by atoms with E-state index in [2.05, 4.69) is 53.9 Å². The van der Waals surface area contributed by atoms with E-state index < -0.39 is 0 Å². The van der Waals surface area contributed by atoms with Gasteiger partial charge in [-0.2, -0.15) is 0 Å². The van der Waals surface area contributed by atoms with E-state index in [1.165, 1.54) is 35.8 Å². The molecule has 3 aromatic heterocycles. The van der Waals surface area contributed by atoms with Crippen molar-refractivity contribution in [2.45, 2.75) is 5.33 Å². The minimum atomic E-state index is 0.139. The smallest absolute Gasteiger partial charge is 0.212 e. The third-order valence-electron chi connectivity index (χ3n) is 2.36. The van der Waals surface area contributed by atoms with Crippen LogP contribution in [0.4, 0.5) is 0 Å². The van der Waals surface area contributed by atoms with Gasteiger partial charge in [0.25, 0.3) is 0 Å². The van der Waals surface area contributed by atoms with Crippen LogP contribution in [0.15, 0.2) is 48.7 Å². The number of thiophene rings is 3. The molecule has 0 saturated carbocycles. The predicted molar refractivity (Wildman–Crippen MR) is 104 cm³/mol. The van der Waals surface area contributed by atoms with Crippen LogP contribution in [0.5, 0.6) is 0 Å². The molecule has 0 N–H and O–H groups in total. The number of carbonyl (C=O) groups is 1. The lowest BCUT2D eigenvalue weighted by Crippen LogP contribution is -1.93. The standard InChI is InChI=1S/C9H6OS2.C5H3Br3S/c10-9(7-3-1-5-11-7)8-4-2-6-12-8;6-2-3-1-4(7)9-5(3)8/h1-6H;1H,2H2. The Labute approximate surface area is 160 Å². The van der Waals surface area contributed by atoms with Gasteiger partial charge in [0.05, 0.1) is 17.3 Å². The summed E-state index contributed by atoms with van der Waals surface area (Å²) in [5.74, 6) is 0.139. The van der Waals surface area contributed by atoms with Gasteiger partial charge in [0, 0.05) is 5.33 Å². The van der Waals surface area contributed by atoms with Crippen molar-refractivity contribution in [2.75, 3.05) is 0 Å². The van der Waals surface area contributed by atoms with Crippen LogP contribution in [-0.2, 0) is 5.33 Å². The zero-order valence-electron chi connectivity index (χ0n) is 10.5. The van der Waals surface area contributed by atoms with Gasteiger partial charge in [-0.05, 0) is 66.4 Å². The van der Waals surface area contributed by atoms with E-state index in [1.54, 1.807) is 11.3 Å². The van der Waals surface area contributed by atoms with Gasteiger partial charge in [-0.15, -0.1) is 34.0 Å². The molecule has 0 fully saturated rings. The van der Waals surface area contributed by atoms with Crippen LogP contribution in [0.2, 0.25) is 0 Å². The van der Waals surface area contributed by atoms with Gasteiger partial charge in [-0.1, -0.05) is 28.1 Å². The number of carbonyl (C=O) groups excluding carboxylic acids is 1. The van der Waals surface area contributed by atoms with E-state index in [-0.39, 0.29) is 5.78 Å². The summed E-state index contributed by atoms with van der Waals surface area (Å²) in [6.07, 6.45) is 0. The molecule has 3 heterocycles. The van der Waals surface area contributed by atoms with E-state index in [4.69, 9.17) is 0 Å². The molecule has 0 amide bonds. The molecule has 0 aliphatic rings. The monoisotopic (exact) mass is 526 g/mol. The van der Waals surface area contributed by atoms with Crippen LogP contribution in [0.1, 0.15) is 20.1 Å². The summed E-state index contributed by atoms with van der Waals surface area (Å²) in [7, 11) is 0. The first-order valence-electron chi connectivity index (χ1n) is 5.73. The van der Waals surface area contributed by atoms with Gasteiger partial charge >= 0.3 is 0 Å². The molecule has 0 unspecified atom stereocenters. The van der Waals surface area contributed by atoms with Crippen LogP contribution in [0.25, 0.3) is 0 Å². The molecule has 0 aliphatic carbocycles. The van der Waals surface area contributed by atoms with E-state index in [1.807, 2.05) is 35.0 Å². The molecular weight excluding hydrogens is 520 g/mol. The molecule has 3 aromatic rings. The lowest BCUT2D eigenvalue weighted by Gasteiger charge is -1.89. The van der Waals surface area contributed by atoms with Crippen LogP contribution in [0, 0.1) is 0 Å². The van der Waals surface area contributed by atoms with E-state index in [0.29, 0.717) is 0 Å².